The van der Waals surface area contributed by atoms with Gasteiger partial charge in [-0.1, -0.05) is 13.8 Å². The summed E-state index contributed by atoms with van der Waals surface area (Å²) in [5.74, 6) is 0.316. The third-order valence-corrected chi connectivity index (χ3v) is 3.13. The van der Waals surface area contributed by atoms with E-state index in [0.717, 1.165) is 32.0 Å². The van der Waals surface area contributed by atoms with E-state index in [9.17, 15) is 4.79 Å². The summed E-state index contributed by atoms with van der Waals surface area (Å²) in [6.45, 7) is 4.23. The van der Waals surface area contributed by atoms with Crippen molar-refractivity contribution >= 4 is 6.29 Å². The predicted octanol–water partition coefficient (Wildman–Crippen LogP) is 1.76. The topological polar surface area (TPSA) is 61.6 Å². The first kappa shape index (κ1) is 16.6. The molecule has 0 aromatic heterocycles. The largest absolute Gasteiger partial charge is 0.388 e. The third-order valence-electron chi connectivity index (χ3n) is 3.13. The van der Waals surface area contributed by atoms with Crippen molar-refractivity contribution in [1.82, 2.24) is 0 Å². The molecule has 1 heterocycles. The fraction of sp³-hybridized carbons (Fsp3) is 0.923. The fourth-order valence-electron chi connectivity index (χ4n) is 2.11. The third kappa shape index (κ3) is 6.15. The second-order valence-electron chi connectivity index (χ2n) is 4.55. The van der Waals surface area contributed by atoms with Gasteiger partial charge in [0.25, 0.3) is 0 Å². The molecule has 1 aliphatic heterocycles. The molecule has 0 amide bonds. The van der Waals surface area contributed by atoms with Crippen LogP contribution in [0, 0.1) is 5.92 Å². The van der Waals surface area contributed by atoms with Gasteiger partial charge in [0.1, 0.15) is 6.29 Å². The van der Waals surface area contributed by atoms with Crippen LogP contribution in [0.5, 0.6) is 0 Å². The Hall–Kier alpha value is -0.450. The molecule has 0 radical (unpaired) electrons. The standard InChI is InChI=1S/C11H21NO2.C2H6O/c1-3-9-5-8(11(12)7-13)6-10(4-2)14-9;1-3-2/h7-11H,3-6,12H2,1-2H3;1-2H3. The van der Waals surface area contributed by atoms with Gasteiger partial charge in [-0.05, 0) is 31.6 Å². The highest BCUT2D eigenvalue weighted by molar-refractivity contribution is 5.57. The Kier molecular flexibility index (Phi) is 9.31. The van der Waals surface area contributed by atoms with E-state index >= 15 is 0 Å². The molecule has 102 valence electrons. The molecule has 0 bridgehead atoms. The quantitative estimate of drug-likeness (QED) is 0.767. The fourth-order valence-corrected chi connectivity index (χ4v) is 2.11. The number of nitrogens with two attached hydrogens (primary N) is 1. The molecule has 0 aromatic rings. The van der Waals surface area contributed by atoms with Gasteiger partial charge in [-0.3, -0.25) is 0 Å². The first-order valence-corrected chi connectivity index (χ1v) is 6.39. The van der Waals surface area contributed by atoms with E-state index < -0.39 is 0 Å². The number of methoxy groups -OCH3 is 1. The monoisotopic (exact) mass is 245 g/mol. The molecule has 3 atom stereocenters. The summed E-state index contributed by atoms with van der Waals surface area (Å²) in [5.41, 5.74) is 5.76. The Bertz CT molecular complexity index is 187. The van der Waals surface area contributed by atoms with Crippen LogP contribution in [0.15, 0.2) is 0 Å². The van der Waals surface area contributed by atoms with E-state index in [-0.39, 0.29) is 6.04 Å². The van der Waals surface area contributed by atoms with Gasteiger partial charge in [-0.25, -0.2) is 0 Å². The SMILES string of the molecule is CCC1CC(C(N)C=O)CC(CC)O1.COC. The summed E-state index contributed by atoms with van der Waals surface area (Å²) in [7, 11) is 3.25. The highest BCUT2D eigenvalue weighted by Gasteiger charge is 2.30. The number of carbonyl (C=O) groups excluding carboxylic acids is 1. The molecule has 1 fully saturated rings. The van der Waals surface area contributed by atoms with Crippen LogP contribution in [0.1, 0.15) is 39.5 Å². The van der Waals surface area contributed by atoms with Crippen molar-refractivity contribution in [1.29, 1.82) is 0 Å². The van der Waals surface area contributed by atoms with E-state index in [2.05, 4.69) is 18.6 Å². The lowest BCUT2D eigenvalue weighted by Crippen LogP contribution is -2.41. The molecule has 1 rings (SSSR count). The van der Waals surface area contributed by atoms with Crippen molar-refractivity contribution in [2.75, 3.05) is 14.2 Å². The molecule has 0 spiro atoms. The molecule has 2 N–H and O–H groups in total. The van der Waals surface area contributed by atoms with Crippen LogP contribution >= 0.6 is 0 Å². The van der Waals surface area contributed by atoms with Crippen molar-refractivity contribution in [2.24, 2.45) is 11.7 Å². The molecule has 0 aromatic carbocycles. The van der Waals surface area contributed by atoms with Crippen LogP contribution in [0.25, 0.3) is 0 Å². The number of aldehydes is 1. The highest BCUT2D eigenvalue weighted by atomic mass is 16.5. The van der Waals surface area contributed by atoms with Crippen molar-refractivity contribution in [2.45, 2.75) is 57.8 Å². The van der Waals surface area contributed by atoms with Crippen LogP contribution in [0.4, 0.5) is 0 Å². The lowest BCUT2D eigenvalue weighted by atomic mass is 9.85. The van der Waals surface area contributed by atoms with Gasteiger partial charge in [-0.15, -0.1) is 0 Å². The smallest absolute Gasteiger partial charge is 0.136 e. The lowest BCUT2D eigenvalue weighted by Gasteiger charge is -2.36. The van der Waals surface area contributed by atoms with Gasteiger partial charge < -0.3 is 20.0 Å². The minimum Gasteiger partial charge on any atom is -0.388 e. The molecular weight excluding hydrogens is 218 g/mol. The Morgan fingerprint density at radius 2 is 1.71 bits per heavy atom. The number of rotatable bonds is 4. The molecule has 17 heavy (non-hydrogen) atoms. The summed E-state index contributed by atoms with van der Waals surface area (Å²) in [5, 5.41) is 0. The van der Waals surface area contributed by atoms with Crippen LogP contribution in [-0.4, -0.2) is 38.8 Å². The molecule has 1 aliphatic rings. The van der Waals surface area contributed by atoms with Crippen molar-refractivity contribution in [3.05, 3.63) is 0 Å². The normalized spacial score (nSPS) is 30.1. The second kappa shape index (κ2) is 9.57. The zero-order valence-corrected chi connectivity index (χ0v) is 11.5. The van der Waals surface area contributed by atoms with Gasteiger partial charge in [0.15, 0.2) is 0 Å². The first-order valence-electron chi connectivity index (χ1n) is 6.39. The predicted molar refractivity (Wildman–Crippen MR) is 68.9 cm³/mol. The number of hydrogen-bond donors (Lipinski definition) is 1. The van der Waals surface area contributed by atoms with Crippen LogP contribution < -0.4 is 5.73 Å². The summed E-state index contributed by atoms with van der Waals surface area (Å²) in [6, 6.07) is -0.304. The van der Waals surface area contributed by atoms with Crippen molar-refractivity contribution in [3.8, 4) is 0 Å². The average Bonchev–Trinajstić information content (AvgIpc) is 2.37. The minimum absolute atomic E-state index is 0.296. The van der Waals surface area contributed by atoms with E-state index in [1.165, 1.54) is 0 Å². The first-order chi connectivity index (χ1) is 8.12. The Labute approximate surface area is 105 Å². The molecule has 0 saturated carbocycles. The van der Waals surface area contributed by atoms with E-state index in [1.807, 2.05) is 0 Å². The summed E-state index contributed by atoms with van der Waals surface area (Å²) in [6.07, 6.45) is 5.36. The molecule has 1 saturated heterocycles. The van der Waals surface area contributed by atoms with Gasteiger partial charge in [-0.2, -0.15) is 0 Å². The average molecular weight is 245 g/mol. The van der Waals surface area contributed by atoms with Gasteiger partial charge >= 0.3 is 0 Å². The van der Waals surface area contributed by atoms with Gasteiger partial charge in [0, 0.05) is 14.2 Å². The molecule has 0 aliphatic carbocycles. The van der Waals surface area contributed by atoms with E-state index in [4.69, 9.17) is 10.5 Å². The zero-order valence-electron chi connectivity index (χ0n) is 11.5. The van der Waals surface area contributed by atoms with Crippen LogP contribution in [0.2, 0.25) is 0 Å². The number of hydrogen-bond acceptors (Lipinski definition) is 4. The van der Waals surface area contributed by atoms with Gasteiger partial charge in [0.05, 0.1) is 18.2 Å². The van der Waals surface area contributed by atoms with Gasteiger partial charge in [0.2, 0.25) is 0 Å². The summed E-state index contributed by atoms with van der Waals surface area (Å²) < 4.78 is 10.1. The minimum atomic E-state index is -0.304. The van der Waals surface area contributed by atoms with Crippen molar-refractivity contribution < 1.29 is 14.3 Å². The maximum absolute atomic E-state index is 10.6. The molecule has 4 nitrogen and oxygen atoms in total. The zero-order chi connectivity index (χ0) is 13.3. The Balaban J connectivity index is 0.000000770. The highest BCUT2D eigenvalue weighted by Crippen LogP contribution is 2.29. The lowest BCUT2D eigenvalue weighted by molar-refractivity contribution is -0.114. The molecular formula is C13H27NO3. The summed E-state index contributed by atoms with van der Waals surface area (Å²) >= 11 is 0. The Morgan fingerprint density at radius 3 is 2.00 bits per heavy atom. The Morgan fingerprint density at radius 1 is 1.29 bits per heavy atom. The number of carbonyl (C=O) groups is 1. The number of ether oxygens (including phenoxy) is 2. The van der Waals surface area contributed by atoms with Crippen molar-refractivity contribution in [3.63, 3.8) is 0 Å². The van der Waals surface area contributed by atoms with Crippen LogP contribution in [0.3, 0.4) is 0 Å². The molecule has 4 heteroatoms. The maximum atomic E-state index is 10.6. The second-order valence-corrected chi connectivity index (χ2v) is 4.55. The maximum Gasteiger partial charge on any atom is 0.136 e. The van der Waals surface area contributed by atoms with Crippen LogP contribution in [-0.2, 0) is 14.3 Å². The van der Waals surface area contributed by atoms with E-state index in [1.54, 1.807) is 14.2 Å². The molecule has 3 unspecified atom stereocenters. The van der Waals surface area contributed by atoms with E-state index in [0.29, 0.717) is 18.1 Å². The summed E-state index contributed by atoms with van der Waals surface area (Å²) in [4.78, 5) is 10.6.